The number of nitrogens with zero attached hydrogens (tertiary/aromatic N) is 1. The number of halogens is 1. The van der Waals surface area contributed by atoms with E-state index in [4.69, 9.17) is 0 Å². The van der Waals surface area contributed by atoms with Gasteiger partial charge in [0.15, 0.2) is 0 Å². The fourth-order valence-corrected chi connectivity index (χ4v) is 2.04. The van der Waals surface area contributed by atoms with Gasteiger partial charge in [0.25, 0.3) is 5.56 Å². The second kappa shape index (κ2) is 3.73. The molecule has 0 aromatic carbocycles. The van der Waals surface area contributed by atoms with Crippen LogP contribution in [0.4, 0.5) is 0 Å². The molecule has 4 nitrogen and oxygen atoms in total. The van der Waals surface area contributed by atoms with Gasteiger partial charge in [-0.25, -0.2) is 0 Å². The van der Waals surface area contributed by atoms with E-state index >= 15 is 0 Å². The van der Waals surface area contributed by atoms with Crippen molar-refractivity contribution in [2.24, 2.45) is 0 Å². The Morgan fingerprint density at radius 3 is 2.64 bits per heavy atom. The summed E-state index contributed by atoms with van der Waals surface area (Å²) < 4.78 is 0.110. The summed E-state index contributed by atoms with van der Waals surface area (Å²) in [5.74, 6) is 0.713. The van der Waals surface area contributed by atoms with E-state index in [1.54, 1.807) is 0 Å². The van der Waals surface area contributed by atoms with Crippen LogP contribution >= 0.6 is 15.9 Å². The second-order valence-corrected chi connectivity index (χ2v) is 4.36. The molecule has 0 spiro atoms. The van der Waals surface area contributed by atoms with Gasteiger partial charge in [0.1, 0.15) is 10.3 Å². The zero-order valence-electron chi connectivity index (χ0n) is 7.59. The van der Waals surface area contributed by atoms with Gasteiger partial charge in [-0.1, -0.05) is 12.8 Å². The number of hydrogen-bond donors (Lipinski definition) is 2. The molecule has 2 rings (SSSR count). The molecule has 0 amide bonds. The van der Waals surface area contributed by atoms with Crippen LogP contribution in [0.25, 0.3) is 0 Å². The maximum Gasteiger partial charge on any atom is 0.269 e. The summed E-state index contributed by atoms with van der Waals surface area (Å²) in [6, 6.07) is 0. The van der Waals surface area contributed by atoms with Crippen LogP contribution in [0.1, 0.15) is 37.4 Å². The standard InChI is InChI=1S/C9H11BrN2O2/c10-6-8(13)11-7(12-9(6)14)5-3-1-2-4-5/h5H,1-4H2,(H2,11,12,13,14). The average molecular weight is 259 g/mol. The largest absolute Gasteiger partial charge is 0.492 e. The smallest absolute Gasteiger partial charge is 0.269 e. The first-order valence-electron chi connectivity index (χ1n) is 4.67. The minimum Gasteiger partial charge on any atom is -0.492 e. The maximum absolute atomic E-state index is 11.3. The highest BCUT2D eigenvalue weighted by atomic mass is 79.9. The Hall–Kier alpha value is -0.840. The van der Waals surface area contributed by atoms with E-state index in [1.165, 1.54) is 12.8 Å². The number of hydrogen-bond acceptors (Lipinski definition) is 3. The SMILES string of the molecule is O=c1[nH]c(C2CCCC2)nc(O)c1Br. The normalized spacial score (nSPS) is 17.5. The fraction of sp³-hybridized carbons (Fsp3) is 0.556. The lowest BCUT2D eigenvalue weighted by atomic mass is 10.1. The highest BCUT2D eigenvalue weighted by molar-refractivity contribution is 9.10. The molecular weight excluding hydrogens is 248 g/mol. The van der Waals surface area contributed by atoms with Crippen LogP contribution in [0.2, 0.25) is 0 Å². The summed E-state index contributed by atoms with van der Waals surface area (Å²) in [4.78, 5) is 18.0. The lowest BCUT2D eigenvalue weighted by Crippen LogP contribution is -2.13. The molecule has 2 N–H and O–H groups in total. The van der Waals surface area contributed by atoms with E-state index in [-0.39, 0.29) is 15.9 Å². The van der Waals surface area contributed by atoms with Crippen molar-refractivity contribution >= 4 is 15.9 Å². The van der Waals surface area contributed by atoms with E-state index in [2.05, 4.69) is 25.9 Å². The molecule has 1 heterocycles. The first kappa shape index (κ1) is 9.71. The average Bonchev–Trinajstić information content (AvgIpc) is 2.66. The van der Waals surface area contributed by atoms with E-state index in [9.17, 15) is 9.90 Å². The first-order chi connectivity index (χ1) is 6.68. The van der Waals surface area contributed by atoms with Crippen molar-refractivity contribution < 1.29 is 5.11 Å². The molecule has 1 saturated carbocycles. The van der Waals surface area contributed by atoms with Gasteiger partial charge in [0.2, 0.25) is 5.88 Å². The number of H-pyrrole nitrogens is 1. The van der Waals surface area contributed by atoms with Crippen LogP contribution in [-0.4, -0.2) is 15.1 Å². The van der Waals surface area contributed by atoms with Crippen molar-refractivity contribution in [3.8, 4) is 5.88 Å². The van der Waals surface area contributed by atoms with E-state index < -0.39 is 0 Å². The topological polar surface area (TPSA) is 66.0 Å². The Bertz CT molecular complexity index is 396. The molecule has 0 radical (unpaired) electrons. The van der Waals surface area contributed by atoms with Crippen molar-refractivity contribution in [3.63, 3.8) is 0 Å². The first-order valence-corrected chi connectivity index (χ1v) is 5.46. The lowest BCUT2D eigenvalue weighted by Gasteiger charge is -2.08. The molecule has 0 atom stereocenters. The summed E-state index contributed by atoms with van der Waals surface area (Å²) in [6.07, 6.45) is 4.43. The quantitative estimate of drug-likeness (QED) is 0.809. The number of nitrogens with one attached hydrogen (secondary N) is 1. The Morgan fingerprint density at radius 1 is 1.43 bits per heavy atom. The van der Waals surface area contributed by atoms with Crippen LogP contribution in [-0.2, 0) is 0 Å². The van der Waals surface area contributed by atoms with Crippen molar-refractivity contribution in [1.29, 1.82) is 0 Å². The number of aromatic amines is 1. The minimum atomic E-state index is -0.306. The molecule has 0 bridgehead atoms. The van der Waals surface area contributed by atoms with Crippen LogP contribution < -0.4 is 5.56 Å². The van der Waals surface area contributed by atoms with Crippen molar-refractivity contribution in [2.75, 3.05) is 0 Å². The van der Waals surface area contributed by atoms with Gasteiger partial charge < -0.3 is 10.1 Å². The van der Waals surface area contributed by atoms with Crippen LogP contribution in [0.15, 0.2) is 9.27 Å². The predicted octanol–water partition coefficient (Wildman–Crippen LogP) is 1.90. The fourth-order valence-electron chi connectivity index (χ4n) is 1.86. The third-order valence-corrected chi connectivity index (χ3v) is 3.32. The third-order valence-electron chi connectivity index (χ3n) is 2.61. The van der Waals surface area contributed by atoms with Crippen molar-refractivity contribution in [1.82, 2.24) is 9.97 Å². The molecule has 76 valence electrons. The Kier molecular flexibility index (Phi) is 2.58. The molecular formula is C9H11BrN2O2. The van der Waals surface area contributed by atoms with Gasteiger partial charge in [-0.3, -0.25) is 4.79 Å². The Morgan fingerprint density at radius 2 is 2.07 bits per heavy atom. The van der Waals surface area contributed by atoms with Crippen molar-refractivity contribution in [2.45, 2.75) is 31.6 Å². The van der Waals surface area contributed by atoms with Crippen LogP contribution in [0.5, 0.6) is 5.88 Å². The number of aromatic hydroxyl groups is 1. The molecule has 14 heavy (non-hydrogen) atoms. The highest BCUT2D eigenvalue weighted by Gasteiger charge is 2.20. The van der Waals surface area contributed by atoms with E-state index in [1.807, 2.05) is 0 Å². The summed E-state index contributed by atoms with van der Waals surface area (Å²) in [7, 11) is 0. The molecule has 0 unspecified atom stereocenters. The zero-order valence-corrected chi connectivity index (χ0v) is 9.17. The predicted molar refractivity (Wildman–Crippen MR) is 55.4 cm³/mol. The van der Waals surface area contributed by atoms with Crippen LogP contribution in [0.3, 0.4) is 0 Å². The highest BCUT2D eigenvalue weighted by Crippen LogP contribution is 2.32. The minimum absolute atomic E-state index is 0.110. The molecule has 1 fully saturated rings. The number of rotatable bonds is 1. The Labute approximate surface area is 89.5 Å². The molecule has 1 aliphatic carbocycles. The monoisotopic (exact) mass is 258 g/mol. The summed E-state index contributed by atoms with van der Waals surface area (Å²) in [5, 5.41) is 9.36. The molecule has 0 saturated heterocycles. The molecule has 1 aromatic heterocycles. The maximum atomic E-state index is 11.3. The second-order valence-electron chi connectivity index (χ2n) is 3.57. The van der Waals surface area contributed by atoms with Crippen LogP contribution in [0, 0.1) is 0 Å². The molecule has 0 aliphatic heterocycles. The van der Waals surface area contributed by atoms with Gasteiger partial charge in [0.05, 0.1) is 0 Å². The summed E-state index contributed by atoms with van der Waals surface area (Å²) in [5.41, 5.74) is -0.306. The molecule has 5 heteroatoms. The van der Waals surface area contributed by atoms with Crippen molar-refractivity contribution in [3.05, 3.63) is 20.7 Å². The van der Waals surface area contributed by atoms with E-state index in [0.717, 1.165) is 12.8 Å². The summed E-state index contributed by atoms with van der Waals surface area (Å²) >= 11 is 2.97. The Balaban J connectivity index is 2.39. The van der Waals surface area contributed by atoms with Gasteiger partial charge in [-0.2, -0.15) is 4.98 Å². The zero-order chi connectivity index (χ0) is 10.1. The number of aromatic nitrogens is 2. The summed E-state index contributed by atoms with van der Waals surface area (Å²) in [6.45, 7) is 0. The van der Waals surface area contributed by atoms with Gasteiger partial charge in [-0.05, 0) is 28.8 Å². The third kappa shape index (κ3) is 1.68. The van der Waals surface area contributed by atoms with Gasteiger partial charge >= 0.3 is 0 Å². The molecule has 1 aliphatic rings. The lowest BCUT2D eigenvalue weighted by molar-refractivity contribution is 0.439. The van der Waals surface area contributed by atoms with Gasteiger partial charge in [0, 0.05) is 5.92 Å². The van der Waals surface area contributed by atoms with E-state index in [0.29, 0.717) is 11.7 Å². The molecule has 1 aromatic rings. The van der Waals surface area contributed by atoms with Gasteiger partial charge in [-0.15, -0.1) is 0 Å².